The molecule has 2 aromatic carbocycles. The predicted molar refractivity (Wildman–Crippen MR) is 120 cm³/mol. The third kappa shape index (κ3) is 4.47. The zero-order valence-corrected chi connectivity index (χ0v) is 18.2. The van der Waals surface area contributed by atoms with Crippen LogP contribution in [0.4, 0.5) is 0 Å². The second kappa shape index (κ2) is 9.11. The summed E-state index contributed by atoms with van der Waals surface area (Å²) in [6.45, 7) is 0. The number of nitrogens with zero attached hydrogens (tertiary/aromatic N) is 2. The van der Waals surface area contributed by atoms with Gasteiger partial charge in [-0.3, -0.25) is 9.36 Å². The van der Waals surface area contributed by atoms with Crippen LogP contribution >= 0.6 is 23.2 Å². The highest BCUT2D eigenvalue weighted by atomic mass is 35.5. The number of hydrogen-bond donors (Lipinski definition) is 1. The van der Waals surface area contributed by atoms with Gasteiger partial charge in [-0.2, -0.15) is 0 Å². The Kier molecular flexibility index (Phi) is 6.30. The number of amides is 1. The summed E-state index contributed by atoms with van der Waals surface area (Å²) in [5.41, 5.74) is 1.91. The van der Waals surface area contributed by atoms with Gasteiger partial charge in [0.15, 0.2) is 0 Å². The molecule has 1 aromatic heterocycles. The van der Waals surface area contributed by atoms with Crippen molar-refractivity contribution in [3.8, 4) is 22.8 Å². The van der Waals surface area contributed by atoms with Gasteiger partial charge < -0.3 is 10.1 Å². The molecule has 1 N–H and O–H groups in total. The molecule has 3 aromatic rings. The molecule has 1 heterocycles. The van der Waals surface area contributed by atoms with E-state index in [9.17, 15) is 4.79 Å². The number of benzene rings is 2. The Bertz CT molecular complexity index is 1040. The summed E-state index contributed by atoms with van der Waals surface area (Å²) < 4.78 is 7.12. The van der Waals surface area contributed by atoms with E-state index in [1.165, 1.54) is 6.42 Å². The summed E-state index contributed by atoms with van der Waals surface area (Å²) in [5.74, 6) is 1.16. The molecule has 1 saturated carbocycles. The Hall–Kier alpha value is -2.50. The summed E-state index contributed by atoms with van der Waals surface area (Å²) in [6.07, 6.45) is 7.31. The molecule has 1 aliphatic rings. The van der Waals surface area contributed by atoms with Crippen LogP contribution in [-0.4, -0.2) is 28.6 Å². The van der Waals surface area contributed by atoms with Gasteiger partial charge in [0, 0.05) is 28.5 Å². The minimum Gasteiger partial charge on any atom is -0.497 e. The van der Waals surface area contributed by atoms with E-state index in [-0.39, 0.29) is 11.9 Å². The molecule has 30 heavy (non-hydrogen) atoms. The van der Waals surface area contributed by atoms with Crippen LogP contribution in [0.3, 0.4) is 0 Å². The lowest BCUT2D eigenvalue weighted by Crippen LogP contribution is -2.36. The molecular weight excluding hydrogens is 421 g/mol. The van der Waals surface area contributed by atoms with Crippen molar-refractivity contribution in [3.63, 3.8) is 0 Å². The predicted octanol–water partition coefficient (Wildman–Crippen LogP) is 5.92. The Labute approximate surface area is 186 Å². The van der Waals surface area contributed by atoms with Crippen molar-refractivity contribution in [2.24, 2.45) is 0 Å². The monoisotopic (exact) mass is 443 g/mol. The Morgan fingerprint density at radius 1 is 1.10 bits per heavy atom. The fraction of sp³-hybridized carbons (Fsp3) is 0.304. The average molecular weight is 444 g/mol. The fourth-order valence-corrected chi connectivity index (χ4v) is 4.29. The molecule has 0 radical (unpaired) electrons. The van der Waals surface area contributed by atoms with Gasteiger partial charge in [-0.15, -0.1) is 0 Å². The Balaban J connectivity index is 1.73. The van der Waals surface area contributed by atoms with E-state index in [2.05, 4.69) is 10.3 Å². The zero-order valence-electron chi connectivity index (χ0n) is 16.7. The van der Waals surface area contributed by atoms with Crippen LogP contribution in [0, 0.1) is 0 Å². The maximum Gasteiger partial charge on any atom is 0.271 e. The summed E-state index contributed by atoms with van der Waals surface area (Å²) in [5, 5.41) is 4.15. The smallest absolute Gasteiger partial charge is 0.271 e. The molecule has 0 saturated heterocycles. The molecule has 7 heteroatoms. The van der Waals surface area contributed by atoms with Gasteiger partial charge in [0.05, 0.1) is 12.1 Å². The lowest BCUT2D eigenvalue weighted by atomic mass is 9.95. The maximum absolute atomic E-state index is 12.9. The third-order valence-electron chi connectivity index (χ3n) is 5.40. The summed E-state index contributed by atoms with van der Waals surface area (Å²) in [4.78, 5) is 17.6. The minimum atomic E-state index is -0.166. The van der Waals surface area contributed by atoms with Crippen molar-refractivity contribution >= 4 is 29.1 Å². The fourth-order valence-electron chi connectivity index (χ4n) is 3.80. The van der Waals surface area contributed by atoms with E-state index in [1.807, 2.05) is 34.9 Å². The van der Waals surface area contributed by atoms with E-state index in [1.54, 1.807) is 25.4 Å². The first-order chi connectivity index (χ1) is 14.5. The molecule has 4 rings (SSSR count). The third-order valence-corrected chi connectivity index (χ3v) is 5.95. The number of aromatic nitrogens is 2. The van der Waals surface area contributed by atoms with Gasteiger partial charge in [0.2, 0.25) is 0 Å². The highest BCUT2D eigenvalue weighted by Gasteiger charge is 2.22. The molecule has 0 spiro atoms. The van der Waals surface area contributed by atoms with E-state index < -0.39 is 0 Å². The zero-order chi connectivity index (χ0) is 21.1. The summed E-state index contributed by atoms with van der Waals surface area (Å²) in [7, 11) is 1.62. The topological polar surface area (TPSA) is 56.1 Å². The second-order valence-electron chi connectivity index (χ2n) is 7.45. The number of carbonyl (C=O) groups is 1. The normalized spacial score (nSPS) is 14.5. The van der Waals surface area contributed by atoms with Crippen molar-refractivity contribution in [2.45, 2.75) is 38.1 Å². The van der Waals surface area contributed by atoms with Crippen molar-refractivity contribution in [1.29, 1.82) is 0 Å². The van der Waals surface area contributed by atoms with Crippen molar-refractivity contribution < 1.29 is 9.53 Å². The Morgan fingerprint density at radius 2 is 1.83 bits per heavy atom. The van der Waals surface area contributed by atoms with Crippen molar-refractivity contribution in [1.82, 2.24) is 14.9 Å². The number of methoxy groups -OCH3 is 1. The first-order valence-electron chi connectivity index (χ1n) is 10.1. The van der Waals surface area contributed by atoms with Crippen molar-refractivity contribution in [2.75, 3.05) is 7.11 Å². The van der Waals surface area contributed by atoms with Crippen LogP contribution in [-0.2, 0) is 0 Å². The van der Waals surface area contributed by atoms with E-state index >= 15 is 0 Å². The van der Waals surface area contributed by atoms with Crippen LogP contribution < -0.4 is 10.1 Å². The molecule has 1 aliphatic carbocycles. The SMILES string of the molecule is COc1ccc(-n2cc(C(=O)NC3CCCCC3)nc2-c2ccc(Cl)cc2Cl)cc1. The standard InChI is InChI=1S/C23H23Cl2N3O2/c1-30-18-10-8-17(9-11-18)28-14-21(23(29)26-16-5-3-2-4-6-16)27-22(28)19-12-7-15(24)13-20(19)25/h7-14,16H,2-6H2,1H3,(H,26,29). The van der Waals surface area contributed by atoms with Gasteiger partial charge in [0.1, 0.15) is 17.3 Å². The van der Waals surface area contributed by atoms with Crippen LogP contribution in [0.15, 0.2) is 48.7 Å². The first-order valence-corrected chi connectivity index (χ1v) is 10.8. The molecule has 0 bridgehead atoms. The van der Waals surface area contributed by atoms with Gasteiger partial charge in [-0.1, -0.05) is 42.5 Å². The molecule has 0 atom stereocenters. The number of nitrogens with one attached hydrogen (secondary N) is 1. The molecule has 5 nitrogen and oxygen atoms in total. The molecule has 1 amide bonds. The van der Waals surface area contributed by atoms with Crippen LogP contribution in [0.2, 0.25) is 10.0 Å². The van der Waals surface area contributed by atoms with Gasteiger partial charge in [-0.05, 0) is 55.3 Å². The largest absolute Gasteiger partial charge is 0.497 e. The van der Waals surface area contributed by atoms with Crippen molar-refractivity contribution in [3.05, 3.63) is 64.4 Å². The van der Waals surface area contributed by atoms with Crippen LogP contribution in [0.25, 0.3) is 17.1 Å². The minimum absolute atomic E-state index is 0.166. The lowest BCUT2D eigenvalue weighted by molar-refractivity contribution is 0.0923. The van der Waals surface area contributed by atoms with Gasteiger partial charge in [0.25, 0.3) is 5.91 Å². The van der Waals surface area contributed by atoms with Crippen LogP contribution in [0.5, 0.6) is 5.75 Å². The highest BCUT2D eigenvalue weighted by Crippen LogP contribution is 2.32. The number of hydrogen-bond acceptors (Lipinski definition) is 3. The second-order valence-corrected chi connectivity index (χ2v) is 8.29. The summed E-state index contributed by atoms with van der Waals surface area (Å²) >= 11 is 12.5. The molecule has 1 fully saturated rings. The first kappa shape index (κ1) is 20.8. The van der Waals surface area contributed by atoms with E-state index in [0.29, 0.717) is 27.1 Å². The maximum atomic E-state index is 12.9. The Morgan fingerprint density at radius 3 is 2.50 bits per heavy atom. The molecule has 156 valence electrons. The number of carbonyl (C=O) groups excluding carboxylic acids is 1. The van der Waals surface area contributed by atoms with Crippen LogP contribution in [0.1, 0.15) is 42.6 Å². The highest BCUT2D eigenvalue weighted by molar-refractivity contribution is 6.36. The van der Waals surface area contributed by atoms with E-state index in [0.717, 1.165) is 37.1 Å². The quantitative estimate of drug-likeness (QED) is 0.532. The number of imidazole rings is 1. The van der Waals surface area contributed by atoms with Gasteiger partial charge in [-0.25, -0.2) is 4.98 Å². The number of halogens is 2. The molecule has 0 aliphatic heterocycles. The lowest BCUT2D eigenvalue weighted by Gasteiger charge is -2.22. The van der Waals surface area contributed by atoms with Gasteiger partial charge >= 0.3 is 0 Å². The average Bonchev–Trinajstić information content (AvgIpc) is 3.20. The summed E-state index contributed by atoms with van der Waals surface area (Å²) in [6, 6.07) is 13.0. The molecular formula is C23H23Cl2N3O2. The number of rotatable bonds is 5. The number of ether oxygens (including phenoxy) is 1. The molecule has 0 unspecified atom stereocenters. The van der Waals surface area contributed by atoms with E-state index in [4.69, 9.17) is 27.9 Å².